The van der Waals surface area contributed by atoms with Crippen LogP contribution in [-0.2, 0) is 11.2 Å². The molecular weight excluding hydrogens is 398 g/mol. The monoisotopic (exact) mass is 437 g/mol. The Labute approximate surface area is 192 Å². The van der Waals surface area contributed by atoms with Gasteiger partial charge in [0, 0.05) is 43.7 Å². The smallest absolute Gasteiger partial charge is 0.223 e. The van der Waals surface area contributed by atoms with Gasteiger partial charge < -0.3 is 15.0 Å². The van der Waals surface area contributed by atoms with E-state index < -0.39 is 0 Å². The molecule has 174 valence electrons. The maximum atomic E-state index is 12.3. The molecule has 1 saturated carbocycles. The number of piperidine rings is 1. The summed E-state index contributed by atoms with van der Waals surface area (Å²) < 4.78 is 6.50. The Morgan fingerprint density at radius 2 is 1.97 bits per heavy atom. The molecule has 1 aliphatic heterocycles. The molecule has 32 heavy (non-hydrogen) atoms. The highest BCUT2D eigenvalue weighted by atomic mass is 16.5. The van der Waals surface area contributed by atoms with Gasteiger partial charge in [0.1, 0.15) is 17.4 Å². The summed E-state index contributed by atoms with van der Waals surface area (Å²) in [6.45, 7) is 5.96. The first kappa shape index (κ1) is 23.0. The van der Waals surface area contributed by atoms with Crippen LogP contribution in [0.5, 0.6) is 5.75 Å². The largest absolute Gasteiger partial charge is 0.488 e. The van der Waals surface area contributed by atoms with Crippen LogP contribution >= 0.6 is 0 Å². The molecular formula is C27H39N3O2. The molecule has 1 aromatic carbocycles. The quantitative estimate of drug-likeness (QED) is 0.592. The number of fused-ring (bicyclic) bond motifs is 1. The molecule has 0 unspecified atom stereocenters. The lowest BCUT2D eigenvalue weighted by Gasteiger charge is -2.32. The second-order valence-corrected chi connectivity index (χ2v) is 9.56. The number of nitrogens with one attached hydrogen (secondary N) is 1. The summed E-state index contributed by atoms with van der Waals surface area (Å²) in [4.78, 5) is 19.4. The van der Waals surface area contributed by atoms with Crippen molar-refractivity contribution in [2.24, 2.45) is 5.92 Å². The molecule has 1 amide bonds. The first-order valence-corrected chi connectivity index (χ1v) is 12.8. The predicted octanol–water partition coefficient (Wildman–Crippen LogP) is 5.12. The summed E-state index contributed by atoms with van der Waals surface area (Å²) in [6, 6.07) is 8.60. The topological polar surface area (TPSA) is 54.5 Å². The highest BCUT2D eigenvalue weighted by Crippen LogP contribution is 2.29. The van der Waals surface area contributed by atoms with Crippen molar-refractivity contribution in [2.75, 3.05) is 26.2 Å². The van der Waals surface area contributed by atoms with Gasteiger partial charge in [-0.05, 0) is 62.3 Å². The van der Waals surface area contributed by atoms with Crippen LogP contribution in [0.1, 0.15) is 70.3 Å². The first-order valence-electron chi connectivity index (χ1n) is 12.8. The lowest BCUT2D eigenvalue weighted by Crippen LogP contribution is -2.43. The second-order valence-electron chi connectivity index (χ2n) is 9.56. The van der Waals surface area contributed by atoms with Gasteiger partial charge in [-0.15, -0.1) is 0 Å². The van der Waals surface area contributed by atoms with Crippen molar-refractivity contribution >= 4 is 16.8 Å². The van der Waals surface area contributed by atoms with E-state index in [9.17, 15) is 4.79 Å². The molecule has 1 aromatic heterocycles. The standard InChI is InChI=1S/C27H39N3O2/c1-2-3-8-21-19-23-11-7-14-28-26(23)25(20-21)32-24-12-16-30(17-13-24)18-15-29-27(31)22-9-5-4-6-10-22/h7,11,14,19-20,22,24H,2-6,8-10,12-13,15-18H2,1H3,(H,29,31). The third kappa shape index (κ3) is 6.22. The minimum atomic E-state index is 0.231. The number of hydrogen-bond acceptors (Lipinski definition) is 4. The number of ether oxygens (including phenoxy) is 1. The molecule has 1 saturated heterocycles. The number of pyridine rings is 1. The molecule has 1 aliphatic carbocycles. The van der Waals surface area contributed by atoms with Crippen LogP contribution in [0.15, 0.2) is 30.5 Å². The first-order chi connectivity index (χ1) is 15.7. The van der Waals surface area contributed by atoms with E-state index in [4.69, 9.17) is 4.74 Å². The van der Waals surface area contributed by atoms with Gasteiger partial charge in [-0.25, -0.2) is 0 Å². The Hall–Kier alpha value is -2.14. The van der Waals surface area contributed by atoms with Crippen LogP contribution in [0.25, 0.3) is 10.9 Å². The minimum Gasteiger partial charge on any atom is -0.488 e. The number of aryl methyl sites for hydroxylation is 1. The molecule has 0 radical (unpaired) electrons. The lowest BCUT2D eigenvalue weighted by atomic mass is 9.89. The van der Waals surface area contributed by atoms with E-state index in [2.05, 4.69) is 40.3 Å². The van der Waals surface area contributed by atoms with Gasteiger partial charge in [0.15, 0.2) is 0 Å². The molecule has 5 nitrogen and oxygen atoms in total. The van der Waals surface area contributed by atoms with E-state index in [1.54, 1.807) is 0 Å². The van der Waals surface area contributed by atoms with Gasteiger partial charge in [-0.2, -0.15) is 0 Å². The van der Waals surface area contributed by atoms with Gasteiger partial charge in [-0.3, -0.25) is 9.78 Å². The van der Waals surface area contributed by atoms with E-state index in [0.717, 1.165) is 69.5 Å². The lowest BCUT2D eigenvalue weighted by molar-refractivity contribution is -0.126. The summed E-state index contributed by atoms with van der Waals surface area (Å²) in [5.74, 6) is 1.46. The average molecular weight is 438 g/mol. The molecule has 5 heteroatoms. The van der Waals surface area contributed by atoms with E-state index >= 15 is 0 Å². The molecule has 1 N–H and O–H groups in total. The van der Waals surface area contributed by atoms with Gasteiger partial charge in [0.05, 0.1) is 0 Å². The van der Waals surface area contributed by atoms with Crippen LogP contribution < -0.4 is 10.1 Å². The minimum absolute atomic E-state index is 0.231. The summed E-state index contributed by atoms with van der Waals surface area (Å²) in [7, 11) is 0. The van der Waals surface area contributed by atoms with E-state index in [1.165, 1.54) is 43.1 Å². The van der Waals surface area contributed by atoms with E-state index in [1.807, 2.05) is 12.3 Å². The zero-order valence-electron chi connectivity index (χ0n) is 19.7. The van der Waals surface area contributed by atoms with Crippen molar-refractivity contribution < 1.29 is 9.53 Å². The highest BCUT2D eigenvalue weighted by Gasteiger charge is 2.23. The number of likely N-dealkylation sites (tertiary alicyclic amines) is 1. The molecule has 0 atom stereocenters. The number of amides is 1. The van der Waals surface area contributed by atoms with E-state index in [0.29, 0.717) is 0 Å². The number of benzene rings is 1. The number of rotatable bonds is 9. The second kappa shape index (κ2) is 11.6. The molecule has 2 fully saturated rings. The SMILES string of the molecule is CCCCc1cc(OC2CCN(CCNC(=O)C3CCCCC3)CC2)c2ncccc2c1. The number of nitrogens with zero attached hydrogens (tertiary/aromatic N) is 2. The van der Waals surface area contributed by atoms with Gasteiger partial charge in [0.2, 0.25) is 5.91 Å². The fourth-order valence-corrected chi connectivity index (χ4v) is 5.11. The molecule has 0 spiro atoms. The van der Waals surface area contributed by atoms with Crippen molar-refractivity contribution in [3.63, 3.8) is 0 Å². The number of aromatic nitrogens is 1. The van der Waals surface area contributed by atoms with Crippen LogP contribution in [0, 0.1) is 5.92 Å². The van der Waals surface area contributed by atoms with Crippen LogP contribution in [0.2, 0.25) is 0 Å². The summed E-state index contributed by atoms with van der Waals surface area (Å²) in [5.41, 5.74) is 2.31. The zero-order valence-corrected chi connectivity index (χ0v) is 19.7. The highest BCUT2D eigenvalue weighted by molar-refractivity contribution is 5.85. The predicted molar refractivity (Wildman–Crippen MR) is 130 cm³/mol. The zero-order chi connectivity index (χ0) is 22.2. The van der Waals surface area contributed by atoms with Crippen molar-refractivity contribution in [3.05, 3.63) is 36.0 Å². The number of unbranched alkanes of at least 4 members (excludes halogenated alkanes) is 1. The summed E-state index contributed by atoms with van der Waals surface area (Å²) in [6.07, 6.45) is 13.4. The van der Waals surface area contributed by atoms with Crippen molar-refractivity contribution in [2.45, 2.75) is 77.2 Å². The van der Waals surface area contributed by atoms with Crippen molar-refractivity contribution in [1.29, 1.82) is 0 Å². The van der Waals surface area contributed by atoms with Crippen LogP contribution in [-0.4, -0.2) is 48.1 Å². The number of hydrogen-bond donors (Lipinski definition) is 1. The molecule has 2 aliphatic rings. The van der Waals surface area contributed by atoms with Gasteiger partial charge >= 0.3 is 0 Å². The molecule has 2 heterocycles. The number of carbonyl (C=O) groups is 1. The van der Waals surface area contributed by atoms with Crippen LogP contribution in [0.3, 0.4) is 0 Å². The molecule has 2 aromatic rings. The molecule has 0 bridgehead atoms. The maximum Gasteiger partial charge on any atom is 0.223 e. The van der Waals surface area contributed by atoms with E-state index in [-0.39, 0.29) is 17.9 Å². The Morgan fingerprint density at radius 3 is 2.75 bits per heavy atom. The third-order valence-electron chi connectivity index (χ3n) is 7.08. The normalized spacial score (nSPS) is 18.7. The Kier molecular flexibility index (Phi) is 8.38. The molecule has 4 rings (SSSR count). The Bertz CT molecular complexity index is 870. The fourth-order valence-electron chi connectivity index (χ4n) is 5.11. The van der Waals surface area contributed by atoms with Crippen molar-refractivity contribution in [1.82, 2.24) is 15.2 Å². The van der Waals surface area contributed by atoms with Gasteiger partial charge in [-0.1, -0.05) is 38.7 Å². The average Bonchev–Trinajstić information content (AvgIpc) is 2.84. The Morgan fingerprint density at radius 1 is 1.16 bits per heavy atom. The summed E-state index contributed by atoms with van der Waals surface area (Å²) in [5, 5.41) is 4.34. The maximum absolute atomic E-state index is 12.3. The number of carbonyl (C=O) groups excluding carboxylic acids is 1. The van der Waals surface area contributed by atoms with Crippen LogP contribution in [0.4, 0.5) is 0 Å². The van der Waals surface area contributed by atoms with Crippen molar-refractivity contribution in [3.8, 4) is 5.75 Å². The fraction of sp³-hybridized carbons (Fsp3) is 0.630. The summed E-state index contributed by atoms with van der Waals surface area (Å²) >= 11 is 0. The third-order valence-corrected chi connectivity index (χ3v) is 7.08. The van der Waals surface area contributed by atoms with Gasteiger partial charge in [0.25, 0.3) is 0 Å². The Balaban J connectivity index is 1.26.